The maximum absolute atomic E-state index is 5.56. The molecule has 0 spiro atoms. The molecule has 0 N–H and O–H groups in total. The van der Waals surface area contributed by atoms with Crippen molar-refractivity contribution in [2.24, 2.45) is 0 Å². The third-order valence-corrected chi connectivity index (χ3v) is 2.84. The maximum atomic E-state index is 5.56. The van der Waals surface area contributed by atoms with Gasteiger partial charge in [0.2, 0.25) is 0 Å². The summed E-state index contributed by atoms with van der Waals surface area (Å²) in [4.78, 5) is 0.354. The van der Waals surface area contributed by atoms with E-state index in [-0.39, 0.29) is 6.29 Å². The van der Waals surface area contributed by atoms with Crippen LogP contribution in [0.5, 0.6) is 0 Å². The average molecular weight is 249 g/mol. The Hall–Kier alpha value is 0.140. The van der Waals surface area contributed by atoms with Crippen LogP contribution in [0.4, 0.5) is 0 Å². The van der Waals surface area contributed by atoms with E-state index in [1.54, 1.807) is 0 Å². The van der Waals surface area contributed by atoms with Crippen LogP contribution in [0.1, 0.15) is 26.7 Å². The van der Waals surface area contributed by atoms with Crippen molar-refractivity contribution in [3.63, 3.8) is 0 Å². The van der Waals surface area contributed by atoms with Crippen LogP contribution in [-0.2, 0) is 9.47 Å². The van der Waals surface area contributed by atoms with Gasteiger partial charge in [0.25, 0.3) is 0 Å². The second-order valence-electron chi connectivity index (χ2n) is 3.51. The third-order valence-electron chi connectivity index (χ3n) is 1.95. The highest BCUT2D eigenvalue weighted by Crippen LogP contribution is 2.21. The van der Waals surface area contributed by atoms with Gasteiger partial charge in [0, 0.05) is 6.61 Å². The monoisotopic (exact) mass is 248 g/mol. The fraction of sp³-hybridized carbons (Fsp3) is 0.800. The number of halogens is 1. The Labute approximate surface area is 88.4 Å². The largest absolute Gasteiger partial charge is 0.351 e. The van der Waals surface area contributed by atoms with Crippen molar-refractivity contribution in [2.75, 3.05) is 13.2 Å². The van der Waals surface area contributed by atoms with Gasteiger partial charge in [0.05, 0.1) is 11.4 Å². The van der Waals surface area contributed by atoms with Crippen LogP contribution in [0.3, 0.4) is 0 Å². The van der Waals surface area contributed by atoms with Gasteiger partial charge in [-0.2, -0.15) is 0 Å². The Morgan fingerprint density at radius 2 is 2.38 bits per heavy atom. The molecule has 0 aromatic rings. The Bertz CT molecular complexity index is 176. The van der Waals surface area contributed by atoms with Crippen LogP contribution in [-0.4, -0.2) is 24.3 Å². The second-order valence-corrected chi connectivity index (χ2v) is 4.69. The standard InChI is InChI=1S/C10H17BrO2/c1-8(2)5-7-13-10-9(11)4-3-6-12-10/h5,9-10H,3-4,6-7H2,1-2H3. The molecule has 0 aliphatic carbocycles. The molecule has 0 aromatic carbocycles. The number of ether oxygens (including phenoxy) is 2. The molecule has 1 aliphatic heterocycles. The zero-order valence-electron chi connectivity index (χ0n) is 8.25. The summed E-state index contributed by atoms with van der Waals surface area (Å²) in [5.74, 6) is 0. The Kier molecular flexibility index (Phi) is 4.99. The van der Waals surface area contributed by atoms with Crippen LogP contribution in [0.2, 0.25) is 0 Å². The van der Waals surface area contributed by atoms with Gasteiger partial charge in [0.15, 0.2) is 6.29 Å². The Morgan fingerprint density at radius 3 is 3.00 bits per heavy atom. The van der Waals surface area contributed by atoms with Crippen molar-refractivity contribution >= 4 is 15.9 Å². The smallest absolute Gasteiger partial charge is 0.170 e. The van der Waals surface area contributed by atoms with E-state index < -0.39 is 0 Å². The summed E-state index contributed by atoms with van der Waals surface area (Å²) < 4.78 is 11.0. The lowest BCUT2D eigenvalue weighted by Gasteiger charge is -2.27. The lowest BCUT2D eigenvalue weighted by molar-refractivity contribution is -0.149. The molecule has 0 bridgehead atoms. The minimum absolute atomic E-state index is 0.0654. The summed E-state index contributed by atoms with van der Waals surface area (Å²) in [7, 11) is 0. The molecule has 1 saturated heterocycles. The van der Waals surface area contributed by atoms with E-state index in [4.69, 9.17) is 9.47 Å². The molecule has 1 heterocycles. The van der Waals surface area contributed by atoms with Crippen molar-refractivity contribution in [2.45, 2.75) is 37.8 Å². The summed E-state index contributed by atoms with van der Waals surface area (Å²) in [6, 6.07) is 0. The van der Waals surface area contributed by atoms with Crippen molar-refractivity contribution in [3.05, 3.63) is 11.6 Å². The summed E-state index contributed by atoms with van der Waals surface area (Å²) in [6.07, 6.45) is 4.26. The van der Waals surface area contributed by atoms with Gasteiger partial charge in [0.1, 0.15) is 0 Å². The summed E-state index contributed by atoms with van der Waals surface area (Å²) >= 11 is 3.55. The highest BCUT2D eigenvalue weighted by Gasteiger charge is 2.23. The first kappa shape index (κ1) is 11.2. The number of hydrogen-bond donors (Lipinski definition) is 0. The first-order chi connectivity index (χ1) is 6.20. The Morgan fingerprint density at radius 1 is 1.62 bits per heavy atom. The topological polar surface area (TPSA) is 18.5 Å². The van der Waals surface area contributed by atoms with Crippen LogP contribution in [0.15, 0.2) is 11.6 Å². The van der Waals surface area contributed by atoms with Gasteiger partial charge in [-0.15, -0.1) is 0 Å². The minimum atomic E-state index is -0.0654. The second kappa shape index (κ2) is 5.78. The molecule has 0 radical (unpaired) electrons. The molecule has 76 valence electrons. The van der Waals surface area contributed by atoms with Crippen LogP contribution < -0.4 is 0 Å². The molecule has 0 saturated carbocycles. The van der Waals surface area contributed by atoms with E-state index >= 15 is 0 Å². The summed E-state index contributed by atoms with van der Waals surface area (Å²) in [5.41, 5.74) is 1.28. The SMILES string of the molecule is CC(C)=CCOC1OCCCC1Br. The summed E-state index contributed by atoms with van der Waals surface area (Å²) in [6.45, 7) is 5.60. The molecule has 2 unspecified atom stereocenters. The molecular weight excluding hydrogens is 232 g/mol. The highest BCUT2D eigenvalue weighted by molar-refractivity contribution is 9.09. The molecule has 1 rings (SSSR count). The lowest BCUT2D eigenvalue weighted by Crippen LogP contribution is -2.32. The van der Waals surface area contributed by atoms with E-state index in [0.717, 1.165) is 19.4 Å². The number of alkyl halides is 1. The molecule has 1 fully saturated rings. The molecule has 1 aliphatic rings. The van der Waals surface area contributed by atoms with Crippen LogP contribution in [0, 0.1) is 0 Å². The van der Waals surface area contributed by atoms with Crippen LogP contribution in [0.25, 0.3) is 0 Å². The van der Waals surface area contributed by atoms with Crippen molar-refractivity contribution in [3.8, 4) is 0 Å². The number of allylic oxidation sites excluding steroid dienone is 1. The van der Waals surface area contributed by atoms with E-state index in [0.29, 0.717) is 11.4 Å². The van der Waals surface area contributed by atoms with Crippen LogP contribution >= 0.6 is 15.9 Å². The maximum Gasteiger partial charge on any atom is 0.170 e. The van der Waals surface area contributed by atoms with E-state index in [1.807, 2.05) is 0 Å². The number of hydrogen-bond acceptors (Lipinski definition) is 2. The van der Waals surface area contributed by atoms with Crippen molar-refractivity contribution < 1.29 is 9.47 Å². The van der Waals surface area contributed by atoms with E-state index in [1.165, 1.54) is 5.57 Å². The quantitative estimate of drug-likeness (QED) is 0.565. The Balaban J connectivity index is 2.23. The van der Waals surface area contributed by atoms with Gasteiger partial charge >= 0.3 is 0 Å². The first-order valence-corrected chi connectivity index (χ1v) is 5.62. The molecule has 2 nitrogen and oxygen atoms in total. The van der Waals surface area contributed by atoms with Crippen molar-refractivity contribution in [1.29, 1.82) is 0 Å². The third kappa shape index (κ3) is 4.25. The number of rotatable bonds is 3. The first-order valence-electron chi connectivity index (χ1n) is 4.71. The highest BCUT2D eigenvalue weighted by atomic mass is 79.9. The molecule has 2 atom stereocenters. The fourth-order valence-electron chi connectivity index (χ4n) is 1.18. The van der Waals surface area contributed by atoms with Gasteiger partial charge in [-0.25, -0.2) is 0 Å². The van der Waals surface area contributed by atoms with Gasteiger partial charge in [-0.1, -0.05) is 27.6 Å². The molecule has 0 aromatic heterocycles. The minimum Gasteiger partial charge on any atom is -0.351 e. The predicted octanol–water partition coefficient (Wildman–Crippen LogP) is 2.87. The normalized spacial score (nSPS) is 28.5. The zero-order valence-corrected chi connectivity index (χ0v) is 9.84. The van der Waals surface area contributed by atoms with Gasteiger partial charge in [-0.05, 0) is 26.7 Å². The van der Waals surface area contributed by atoms with Crippen molar-refractivity contribution in [1.82, 2.24) is 0 Å². The van der Waals surface area contributed by atoms with Gasteiger partial charge in [-0.3, -0.25) is 0 Å². The molecular formula is C10H17BrO2. The zero-order chi connectivity index (χ0) is 9.68. The fourth-order valence-corrected chi connectivity index (χ4v) is 1.81. The average Bonchev–Trinajstić information content (AvgIpc) is 2.08. The predicted molar refractivity (Wildman–Crippen MR) is 57.1 cm³/mol. The molecule has 3 heteroatoms. The van der Waals surface area contributed by atoms with Gasteiger partial charge < -0.3 is 9.47 Å². The molecule has 13 heavy (non-hydrogen) atoms. The lowest BCUT2D eigenvalue weighted by atomic mass is 10.2. The summed E-state index contributed by atoms with van der Waals surface area (Å²) in [5, 5.41) is 0. The molecule has 0 amide bonds. The van der Waals surface area contributed by atoms with E-state index in [9.17, 15) is 0 Å². The van der Waals surface area contributed by atoms with E-state index in [2.05, 4.69) is 35.9 Å².